The molecule has 0 radical (unpaired) electrons. The highest BCUT2D eigenvalue weighted by Crippen LogP contribution is 2.36. The van der Waals surface area contributed by atoms with Gasteiger partial charge < -0.3 is 9.47 Å². The molecule has 0 spiro atoms. The first-order chi connectivity index (χ1) is 15.2. The van der Waals surface area contributed by atoms with Crippen molar-refractivity contribution in [3.05, 3.63) is 81.4 Å². The Morgan fingerprint density at radius 3 is 2.50 bits per heavy atom. The summed E-state index contributed by atoms with van der Waals surface area (Å²) in [7, 11) is 1.19. The van der Waals surface area contributed by atoms with Crippen molar-refractivity contribution in [1.29, 1.82) is 0 Å². The number of nitrogens with zero attached hydrogens (tertiary/aromatic N) is 3. The van der Waals surface area contributed by atoms with Gasteiger partial charge in [0.05, 0.1) is 46.8 Å². The van der Waals surface area contributed by atoms with E-state index in [-0.39, 0.29) is 16.9 Å². The molecule has 0 fully saturated rings. The van der Waals surface area contributed by atoms with Crippen LogP contribution in [0.4, 0.5) is 18.9 Å². The van der Waals surface area contributed by atoms with E-state index in [1.165, 1.54) is 48.3 Å². The zero-order chi connectivity index (χ0) is 23.4. The number of nitro groups is 1. The van der Waals surface area contributed by atoms with Gasteiger partial charge in [0.25, 0.3) is 5.69 Å². The summed E-state index contributed by atoms with van der Waals surface area (Å²) in [5.74, 6) is -1.59. The number of hydrogen-bond donors (Lipinski definition) is 0. The molecule has 0 aliphatic carbocycles. The topological polar surface area (TPSA) is 96.5 Å². The summed E-state index contributed by atoms with van der Waals surface area (Å²) in [6.45, 7) is -1.56. The first-order valence-corrected chi connectivity index (χ1v) is 9.05. The summed E-state index contributed by atoms with van der Waals surface area (Å²) in [5, 5.41) is 15.5. The van der Waals surface area contributed by atoms with E-state index in [1.807, 2.05) is 0 Å². The van der Waals surface area contributed by atoms with Gasteiger partial charge in [0.2, 0.25) is 0 Å². The molecule has 0 saturated carbocycles. The number of ketones is 1. The molecule has 3 aromatic rings. The standard InChI is InChI=1S/C21H16F3N3O5/c1-12-16(11-25-26(12)15-6-4-14(22)5-7-15)18(28)8-3-13-9-19(31-2)20(32-21(23)24)10-17(13)27(29)30/h3-11,21H,1-2H3/b8-3+. The molecule has 0 N–H and O–H groups in total. The third-order valence-electron chi connectivity index (χ3n) is 4.49. The number of carbonyl (C=O) groups excluding carboxylic acids is 1. The zero-order valence-corrected chi connectivity index (χ0v) is 16.8. The van der Waals surface area contributed by atoms with E-state index in [4.69, 9.17) is 4.74 Å². The second kappa shape index (κ2) is 9.33. The number of rotatable bonds is 8. The van der Waals surface area contributed by atoms with E-state index in [0.717, 1.165) is 18.2 Å². The molecule has 0 saturated heterocycles. The Bertz CT molecular complexity index is 1190. The van der Waals surface area contributed by atoms with Crippen molar-refractivity contribution in [1.82, 2.24) is 9.78 Å². The molecule has 32 heavy (non-hydrogen) atoms. The van der Waals surface area contributed by atoms with E-state index in [9.17, 15) is 28.1 Å². The molecule has 0 aliphatic heterocycles. The SMILES string of the molecule is COc1cc(/C=C/C(=O)c2cnn(-c3ccc(F)cc3)c2C)c([N+](=O)[O-])cc1OC(F)F. The van der Waals surface area contributed by atoms with Crippen molar-refractivity contribution >= 4 is 17.5 Å². The van der Waals surface area contributed by atoms with Crippen LogP contribution in [0.3, 0.4) is 0 Å². The molecular weight excluding hydrogens is 431 g/mol. The molecule has 0 atom stereocenters. The van der Waals surface area contributed by atoms with Crippen LogP contribution < -0.4 is 9.47 Å². The molecule has 3 rings (SSSR count). The monoisotopic (exact) mass is 447 g/mol. The van der Waals surface area contributed by atoms with E-state index >= 15 is 0 Å². The molecule has 8 nitrogen and oxygen atoms in total. The fraction of sp³-hybridized carbons (Fsp3) is 0.143. The Morgan fingerprint density at radius 2 is 1.91 bits per heavy atom. The highest BCUT2D eigenvalue weighted by molar-refractivity contribution is 6.07. The third kappa shape index (κ3) is 4.77. The van der Waals surface area contributed by atoms with Crippen LogP contribution in [0.2, 0.25) is 0 Å². The van der Waals surface area contributed by atoms with Gasteiger partial charge in [0.1, 0.15) is 5.82 Å². The molecule has 0 aliphatic rings. The number of benzene rings is 2. The lowest BCUT2D eigenvalue weighted by Gasteiger charge is -2.10. The molecular formula is C21H16F3N3O5. The zero-order valence-electron chi connectivity index (χ0n) is 16.8. The second-order valence-corrected chi connectivity index (χ2v) is 6.43. The average molecular weight is 447 g/mol. The summed E-state index contributed by atoms with van der Waals surface area (Å²) in [4.78, 5) is 23.2. The highest BCUT2D eigenvalue weighted by atomic mass is 19.3. The average Bonchev–Trinajstić information content (AvgIpc) is 3.13. The predicted octanol–water partition coefficient (Wildman–Crippen LogP) is 4.73. The van der Waals surface area contributed by atoms with Gasteiger partial charge >= 0.3 is 6.61 Å². The minimum absolute atomic E-state index is 0.0506. The summed E-state index contributed by atoms with van der Waals surface area (Å²) in [6, 6.07) is 7.43. The van der Waals surface area contributed by atoms with Crippen LogP contribution in [0.25, 0.3) is 11.8 Å². The van der Waals surface area contributed by atoms with Crippen LogP contribution in [0, 0.1) is 22.9 Å². The van der Waals surface area contributed by atoms with Gasteiger partial charge in [-0.25, -0.2) is 9.07 Å². The quantitative estimate of drug-likeness (QED) is 0.214. The first-order valence-electron chi connectivity index (χ1n) is 9.05. The van der Waals surface area contributed by atoms with Gasteiger partial charge in [-0.2, -0.15) is 13.9 Å². The van der Waals surface area contributed by atoms with Gasteiger partial charge in [0.15, 0.2) is 17.3 Å². The second-order valence-electron chi connectivity index (χ2n) is 6.43. The van der Waals surface area contributed by atoms with Gasteiger partial charge in [-0.1, -0.05) is 0 Å². The Morgan fingerprint density at radius 1 is 1.22 bits per heavy atom. The number of ether oxygens (including phenoxy) is 2. The van der Waals surface area contributed by atoms with E-state index in [2.05, 4.69) is 9.84 Å². The van der Waals surface area contributed by atoms with E-state index in [0.29, 0.717) is 11.4 Å². The van der Waals surface area contributed by atoms with Crippen molar-refractivity contribution in [2.45, 2.75) is 13.5 Å². The molecule has 1 heterocycles. The molecule has 2 aromatic carbocycles. The van der Waals surface area contributed by atoms with Gasteiger partial charge in [-0.05, 0) is 49.4 Å². The maximum absolute atomic E-state index is 13.1. The maximum Gasteiger partial charge on any atom is 0.387 e. The lowest BCUT2D eigenvalue weighted by atomic mass is 10.1. The number of methoxy groups -OCH3 is 1. The minimum Gasteiger partial charge on any atom is -0.493 e. The van der Waals surface area contributed by atoms with Crippen LogP contribution in [0.1, 0.15) is 21.6 Å². The van der Waals surface area contributed by atoms with Crippen LogP contribution >= 0.6 is 0 Å². The summed E-state index contributed by atoms with van der Waals surface area (Å²) >= 11 is 0. The first kappa shape index (κ1) is 22.5. The fourth-order valence-electron chi connectivity index (χ4n) is 2.95. The third-order valence-corrected chi connectivity index (χ3v) is 4.49. The van der Waals surface area contributed by atoms with Crippen LogP contribution in [0.15, 0.2) is 48.7 Å². The van der Waals surface area contributed by atoms with Crippen molar-refractivity contribution in [2.24, 2.45) is 0 Å². The van der Waals surface area contributed by atoms with Crippen LogP contribution in [-0.2, 0) is 0 Å². The van der Waals surface area contributed by atoms with Gasteiger partial charge in [-0.15, -0.1) is 0 Å². The predicted molar refractivity (Wildman–Crippen MR) is 108 cm³/mol. The molecule has 166 valence electrons. The summed E-state index contributed by atoms with van der Waals surface area (Å²) < 4.78 is 48.9. The van der Waals surface area contributed by atoms with E-state index < -0.39 is 34.6 Å². The van der Waals surface area contributed by atoms with Crippen LogP contribution in [0.5, 0.6) is 11.5 Å². The number of alkyl halides is 2. The Kier molecular flexibility index (Phi) is 6.57. The minimum atomic E-state index is -3.20. The van der Waals surface area contributed by atoms with Crippen molar-refractivity contribution in [3.63, 3.8) is 0 Å². The molecule has 0 bridgehead atoms. The Hall–Kier alpha value is -4.15. The van der Waals surface area contributed by atoms with Gasteiger partial charge in [-0.3, -0.25) is 14.9 Å². The summed E-state index contributed by atoms with van der Waals surface area (Å²) in [6.07, 6.45) is 3.58. The maximum atomic E-state index is 13.1. The van der Waals surface area contributed by atoms with Crippen molar-refractivity contribution in [2.75, 3.05) is 7.11 Å². The van der Waals surface area contributed by atoms with Crippen LogP contribution in [-0.4, -0.2) is 34.2 Å². The number of aromatic nitrogens is 2. The normalized spacial score (nSPS) is 11.2. The smallest absolute Gasteiger partial charge is 0.387 e. The van der Waals surface area contributed by atoms with E-state index in [1.54, 1.807) is 6.92 Å². The number of carbonyl (C=O) groups is 1. The molecule has 0 unspecified atom stereocenters. The van der Waals surface area contributed by atoms with Crippen molar-refractivity contribution < 1.29 is 32.4 Å². The molecule has 11 heteroatoms. The molecule has 0 amide bonds. The Labute approximate surface area is 179 Å². The molecule has 1 aromatic heterocycles. The number of hydrogen-bond acceptors (Lipinski definition) is 6. The number of nitro benzene ring substituents is 1. The number of halogens is 3. The lowest BCUT2D eigenvalue weighted by Crippen LogP contribution is -2.05. The largest absolute Gasteiger partial charge is 0.493 e. The van der Waals surface area contributed by atoms with Crippen molar-refractivity contribution in [3.8, 4) is 17.2 Å². The lowest BCUT2D eigenvalue weighted by molar-refractivity contribution is -0.385. The summed E-state index contributed by atoms with van der Waals surface area (Å²) in [5.41, 5.74) is 0.633. The highest BCUT2D eigenvalue weighted by Gasteiger charge is 2.21. The number of allylic oxidation sites excluding steroid dienone is 1. The van der Waals surface area contributed by atoms with Gasteiger partial charge in [0, 0.05) is 0 Å². The fourth-order valence-corrected chi connectivity index (χ4v) is 2.95. The Balaban J connectivity index is 1.93.